The molecule has 1 nitrogen and oxygen atoms in total. The van der Waals surface area contributed by atoms with Crippen LogP contribution in [0.15, 0.2) is 48.5 Å². The summed E-state index contributed by atoms with van der Waals surface area (Å²) in [6, 6.07) is 18.4. The van der Waals surface area contributed by atoms with Crippen molar-refractivity contribution in [3.05, 3.63) is 70.8 Å². The third kappa shape index (κ3) is 2.78. The minimum Gasteiger partial charge on any atom is -0.304 e. The van der Waals surface area contributed by atoms with E-state index in [1.165, 1.54) is 30.4 Å². The van der Waals surface area contributed by atoms with Gasteiger partial charge in [0.1, 0.15) is 0 Å². The smallest absolute Gasteiger partial charge is 0.0297 e. The van der Waals surface area contributed by atoms with Gasteiger partial charge in [0.15, 0.2) is 0 Å². The van der Waals surface area contributed by atoms with Crippen molar-refractivity contribution in [3.8, 4) is 0 Å². The molecule has 0 spiro atoms. The fourth-order valence-corrected chi connectivity index (χ4v) is 3.17. The van der Waals surface area contributed by atoms with E-state index in [4.69, 9.17) is 0 Å². The van der Waals surface area contributed by atoms with Crippen LogP contribution in [0, 0.1) is 0 Å². The largest absolute Gasteiger partial charge is 0.304 e. The zero-order chi connectivity index (χ0) is 13.9. The van der Waals surface area contributed by atoms with Crippen LogP contribution in [-0.2, 0) is 12.8 Å². The number of hydrogen-bond donors (Lipinski definition) is 1. The minimum atomic E-state index is 0.374. The monoisotopic (exact) mass is 265 g/mol. The maximum Gasteiger partial charge on any atom is 0.0297 e. The van der Waals surface area contributed by atoms with Crippen LogP contribution < -0.4 is 5.32 Å². The van der Waals surface area contributed by atoms with E-state index < -0.39 is 0 Å². The Hall–Kier alpha value is -1.60. The van der Waals surface area contributed by atoms with Gasteiger partial charge in [0, 0.05) is 12.1 Å². The van der Waals surface area contributed by atoms with Crippen molar-refractivity contribution in [1.29, 1.82) is 0 Å². The van der Waals surface area contributed by atoms with Crippen molar-refractivity contribution < 1.29 is 0 Å². The lowest BCUT2D eigenvalue weighted by atomic mass is 10.0. The van der Waals surface area contributed by atoms with Crippen LogP contribution in [0.4, 0.5) is 0 Å². The molecule has 1 aliphatic rings. The second kappa shape index (κ2) is 5.80. The highest BCUT2D eigenvalue weighted by molar-refractivity contribution is 5.36. The molecule has 0 saturated heterocycles. The Balaban J connectivity index is 1.71. The van der Waals surface area contributed by atoms with Crippen LogP contribution >= 0.6 is 0 Å². The molecule has 2 aromatic carbocycles. The first-order valence-electron chi connectivity index (χ1n) is 7.67. The highest BCUT2D eigenvalue weighted by atomic mass is 14.9. The lowest BCUT2D eigenvalue weighted by Crippen LogP contribution is -2.22. The van der Waals surface area contributed by atoms with Crippen molar-refractivity contribution in [2.45, 2.75) is 45.2 Å². The van der Waals surface area contributed by atoms with Crippen molar-refractivity contribution in [3.63, 3.8) is 0 Å². The Bertz CT molecular complexity index is 574. The number of benzene rings is 2. The highest BCUT2D eigenvalue weighted by Crippen LogP contribution is 2.26. The average Bonchev–Trinajstić information content (AvgIpc) is 2.95. The van der Waals surface area contributed by atoms with E-state index in [0.29, 0.717) is 12.1 Å². The molecule has 0 fully saturated rings. The van der Waals surface area contributed by atoms with Gasteiger partial charge < -0.3 is 5.32 Å². The van der Waals surface area contributed by atoms with E-state index in [-0.39, 0.29) is 0 Å². The van der Waals surface area contributed by atoms with Crippen LogP contribution in [0.3, 0.4) is 0 Å². The van der Waals surface area contributed by atoms with Crippen LogP contribution in [0.2, 0.25) is 0 Å². The first-order valence-corrected chi connectivity index (χ1v) is 7.67. The normalized spacial score (nSPS) is 16.7. The van der Waals surface area contributed by atoms with Crippen molar-refractivity contribution in [1.82, 2.24) is 5.32 Å². The fraction of sp³-hybridized carbons (Fsp3) is 0.368. The van der Waals surface area contributed by atoms with Gasteiger partial charge in [-0.1, -0.05) is 48.5 Å². The summed E-state index contributed by atoms with van der Waals surface area (Å²) in [6.07, 6.45) is 3.84. The highest BCUT2D eigenvalue weighted by Gasteiger charge is 2.15. The number of rotatable bonds is 4. The molecule has 2 atom stereocenters. The predicted octanol–water partition coefficient (Wildman–Crippen LogP) is 4.59. The van der Waals surface area contributed by atoms with Gasteiger partial charge in [-0.2, -0.15) is 0 Å². The van der Waals surface area contributed by atoms with E-state index in [1.54, 1.807) is 11.1 Å². The van der Waals surface area contributed by atoms with Crippen LogP contribution in [0.25, 0.3) is 0 Å². The molecule has 0 amide bonds. The van der Waals surface area contributed by atoms with Crippen molar-refractivity contribution in [2.24, 2.45) is 0 Å². The quantitative estimate of drug-likeness (QED) is 0.852. The maximum absolute atomic E-state index is 3.70. The van der Waals surface area contributed by atoms with Crippen LogP contribution in [-0.4, -0.2) is 0 Å². The van der Waals surface area contributed by atoms with E-state index in [2.05, 4.69) is 67.7 Å². The SMILES string of the molecule is CC(N[C@H](C)c1ccccc1)c1ccc2c(c1)CCC2. The first-order chi connectivity index (χ1) is 9.74. The molecule has 0 saturated carbocycles. The summed E-state index contributed by atoms with van der Waals surface area (Å²) in [7, 11) is 0. The van der Waals surface area contributed by atoms with E-state index in [0.717, 1.165) is 0 Å². The molecule has 0 bridgehead atoms. The van der Waals surface area contributed by atoms with Gasteiger partial charge in [-0.05, 0) is 55.4 Å². The molecule has 1 aliphatic carbocycles. The summed E-state index contributed by atoms with van der Waals surface area (Å²) >= 11 is 0. The van der Waals surface area contributed by atoms with Gasteiger partial charge in [-0.25, -0.2) is 0 Å². The molecule has 20 heavy (non-hydrogen) atoms. The molecule has 0 heterocycles. The molecular formula is C19H23N. The first kappa shape index (κ1) is 13.4. The van der Waals surface area contributed by atoms with E-state index in [9.17, 15) is 0 Å². The van der Waals surface area contributed by atoms with Crippen molar-refractivity contribution in [2.75, 3.05) is 0 Å². The Morgan fingerprint density at radius 3 is 2.30 bits per heavy atom. The third-order valence-corrected chi connectivity index (χ3v) is 4.42. The van der Waals surface area contributed by atoms with Gasteiger partial charge in [0.2, 0.25) is 0 Å². The number of nitrogens with one attached hydrogen (secondary N) is 1. The van der Waals surface area contributed by atoms with Gasteiger partial charge in [-0.3, -0.25) is 0 Å². The Kier molecular flexibility index (Phi) is 3.88. The summed E-state index contributed by atoms with van der Waals surface area (Å²) in [5, 5.41) is 3.70. The molecule has 1 unspecified atom stereocenters. The van der Waals surface area contributed by atoms with Gasteiger partial charge in [-0.15, -0.1) is 0 Å². The van der Waals surface area contributed by atoms with Gasteiger partial charge in [0.25, 0.3) is 0 Å². The zero-order valence-corrected chi connectivity index (χ0v) is 12.4. The Labute approximate surface area is 122 Å². The molecule has 104 valence electrons. The molecule has 0 aliphatic heterocycles. The predicted molar refractivity (Wildman–Crippen MR) is 84.9 cm³/mol. The van der Waals surface area contributed by atoms with E-state index in [1.807, 2.05) is 0 Å². The molecule has 2 aromatic rings. The molecular weight excluding hydrogens is 242 g/mol. The summed E-state index contributed by atoms with van der Waals surface area (Å²) in [5.74, 6) is 0. The topological polar surface area (TPSA) is 12.0 Å². The Morgan fingerprint density at radius 1 is 0.800 bits per heavy atom. The zero-order valence-electron chi connectivity index (χ0n) is 12.4. The number of hydrogen-bond acceptors (Lipinski definition) is 1. The average molecular weight is 265 g/mol. The summed E-state index contributed by atoms with van der Waals surface area (Å²) in [5.41, 5.74) is 5.87. The van der Waals surface area contributed by atoms with Crippen LogP contribution in [0.5, 0.6) is 0 Å². The fourth-order valence-electron chi connectivity index (χ4n) is 3.17. The summed E-state index contributed by atoms with van der Waals surface area (Å²) in [6.45, 7) is 4.50. The third-order valence-electron chi connectivity index (χ3n) is 4.42. The minimum absolute atomic E-state index is 0.374. The molecule has 1 N–H and O–H groups in total. The summed E-state index contributed by atoms with van der Waals surface area (Å²) < 4.78 is 0. The lowest BCUT2D eigenvalue weighted by Gasteiger charge is -2.21. The number of aryl methyl sites for hydroxylation is 2. The molecule has 0 radical (unpaired) electrons. The van der Waals surface area contributed by atoms with Crippen molar-refractivity contribution >= 4 is 0 Å². The number of fused-ring (bicyclic) bond motifs is 1. The molecule has 0 aromatic heterocycles. The second-order valence-corrected chi connectivity index (χ2v) is 5.90. The standard InChI is InChI=1S/C19H23N/c1-14(16-7-4-3-5-8-16)20-15(2)18-12-11-17-9-6-10-19(17)13-18/h3-5,7-8,11-15,20H,6,9-10H2,1-2H3/t14-,15?/m1/s1. The van der Waals surface area contributed by atoms with Gasteiger partial charge >= 0.3 is 0 Å². The Morgan fingerprint density at radius 2 is 1.50 bits per heavy atom. The van der Waals surface area contributed by atoms with E-state index >= 15 is 0 Å². The molecule has 1 heteroatoms. The maximum atomic E-state index is 3.70. The summed E-state index contributed by atoms with van der Waals surface area (Å²) in [4.78, 5) is 0. The molecule has 3 rings (SSSR count). The van der Waals surface area contributed by atoms with Crippen LogP contribution in [0.1, 0.15) is 54.6 Å². The second-order valence-electron chi connectivity index (χ2n) is 5.90. The van der Waals surface area contributed by atoms with Gasteiger partial charge in [0.05, 0.1) is 0 Å². The lowest BCUT2D eigenvalue weighted by molar-refractivity contribution is 0.494.